The highest BCUT2D eigenvalue weighted by Crippen LogP contribution is 2.24. The van der Waals surface area contributed by atoms with Gasteiger partial charge in [0.25, 0.3) is 5.91 Å². The van der Waals surface area contributed by atoms with E-state index >= 15 is 0 Å². The number of amides is 1. The number of aryl methyl sites for hydroxylation is 1. The Hall–Kier alpha value is -1.36. The first kappa shape index (κ1) is 16.7. The van der Waals surface area contributed by atoms with Crippen LogP contribution in [0, 0.1) is 11.3 Å². The molecule has 4 nitrogen and oxygen atoms in total. The van der Waals surface area contributed by atoms with E-state index in [0.717, 1.165) is 11.3 Å². The van der Waals surface area contributed by atoms with Crippen molar-refractivity contribution in [2.75, 3.05) is 6.54 Å². The second-order valence-corrected chi connectivity index (χ2v) is 7.30. The van der Waals surface area contributed by atoms with Gasteiger partial charge in [-0.1, -0.05) is 27.7 Å². The van der Waals surface area contributed by atoms with E-state index in [2.05, 4.69) is 5.32 Å². The quantitative estimate of drug-likeness (QED) is 0.847. The summed E-state index contributed by atoms with van der Waals surface area (Å²) in [5.41, 5.74) is -0.0773. The van der Waals surface area contributed by atoms with Crippen molar-refractivity contribution in [1.82, 2.24) is 5.32 Å². The van der Waals surface area contributed by atoms with E-state index < -0.39 is 11.9 Å². The van der Waals surface area contributed by atoms with Gasteiger partial charge in [-0.25, -0.2) is 0 Å². The first-order valence-corrected chi connectivity index (χ1v) is 7.64. The third kappa shape index (κ3) is 5.33. The predicted molar refractivity (Wildman–Crippen MR) is 81.2 cm³/mol. The fourth-order valence-corrected chi connectivity index (χ4v) is 2.84. The summed E-state index contributed by atoms with van der Waals surface area (Å²) < 4.78 is 0. The van der Waals surface area contributed by atoms with E-state index in [-0.39, 0.29) is 17.9 Å². The number of nitrogens with one attached hydrogen (secondary N) is 1. The molecule has 5 heteroatoms. The topological polar surface area (TPSA) is 66.4 Å². The van der Waals surface area contributed by atoms with Crippen LogP contribution in [-0.4, -0.2) is 23.5 Å². The van der Waals surface area contributed by atoms with Crippen LogP contribution in [0.2, 0.25) is 0 Å². The van der Waals surface area contributed by atoms with Gasteiger partial charge in [-0.2, -0.15) is 0 Å². The molecule has 0 bridgehead atoms. The second-order valence-electron chi connectivity index (χ2n) is 6.13. The highest BCUT2D eigenvalue weighted by Gasteiger charge is 2.25. The molecular formula is C15H23NO3S. The van der Waals surface area contributed by atoms with Gasteiger partial charge in [-0.15, -0.1) is 11.3 Å². The molecule has 0 spiro atoms. The molecule has 0 aliphatic rings. The molecule has 1 heterocycles. The molecule has 0 saturated carbocycles. The lowest BCUT2D eigenvalue weighted by atomic mass is 9.84. The summed E-state index contributed by atoms with van der Waals surface area (Å²) in [6, 6.07) is 3.72. The SMILES string of the molecule is CCc1ccc(C(=O)NCC(CC(C)(C)C)C(=O)O)s1. The number of hydrogen-bond acceptors (Lipinski definition) is 3. The van der Waals surface area contributed by atoms with Gasteiger partial charge in [0.15, 0.2) is 0 Å². The van der Waals surface area contributed by atoms with Crippen LogP contribution < -0.4 is 5.32 Å². The summed E-state index contributed by atoms with van der Waals surface area (Å²) in [6.45, 7) is 8.20. The van der Waals surface area contributed by atoms with E-state index in [1.165, 1.54) is 11.3 Å². The van der Waals surface area contributed by atoms with Crippen molar-refractivity contribution >= 4 is 23.2 Å². The van der Waals surface area contributed by atoms with Crippen LogP contribution in [0.3, 0.4) is 0 Å². The van der Waals surface area contributed by atoms with Gasteiger partial charge < -0.3 is 10.4 Å². The highest BCUT2D eigenvalue weighted by atomic mass is 32.1. The molecule has 1 aromatic rings. The summed E-state index contributed by atoms with van der Waals surface area (Å²) in [5, 5.41) is 11.9. The van der Waals surface area contributed by atoms with Crippen molar-refractivity contribution in [3.05, 3.63) is 21.9 Å². The molecule has 20 heavy (non-hydrogen) atoms. The molecule has 0 fully saturated rings. The molecule has 0 aliphatic carbocycles. The maximum Gasteiger partial charge on any atom is 0.308 e. The third-order valence-corrected chi connectivity index (χ3v) is 4.18. The maximum absolute atomic E-state index is 12.0. The highest BCUT2D eigenvalue weighted by molar-refractivity contribution is 7.14. The summed E-state index contributed by atoms with van der Waals surface area (Å²) in [6.07, 6.45) is 1.44. The lowest BCUT2D eigenvalue weighted by Gasteiger charge is -2.23. The number of hydrogen-bond donors (Lipinski definition) is 2. The molecular weight excluding hydrogens is 274 g/mol. The molecule has 112 valence electrons. The van der Waals surface area contributed by atoms with Crippen LogP contribution in [0.4, 0.5) is 0 Å². The van der Waals surface area contributed by atoms with Crippen molar-refractivity contribution in [3.8, 4) is 0 Å². The lowest BCUT2D eigenvalue weighted by Crippen LogP contribution is -2.34. The van der Waals surface area contributed by atoms with Crippen LogP contribution in [-0.2, 0) is 11.2 Å². The first-order chi connectivity index (χ1) is 9.23. The van der Waals surface area contributed by atoms with E-state index in [4.69, 9.17) is 0 Å². The third-order valence-electron chi connectivity index (χ3n) is 2.95. The number of carbonyl (C=O) groups is 2. The molecule has 2 N–H and O–H groups in total. The van der Waals surface area contributed by atoms with Crippen molar-refractivity contribution in [2.45, 2.75) is 40.5 Å². The molecule has 0 aromatic carbocycles. The monoisotopic (exact) mass is 297 g/mol. The van der Waals surface area contributed by atoms with E-state index in [9.17, 15) is 14.7 Å². The minimum Gasteiger partial charge on any atom is -0.481 e. The van der Waals surface area contributed by atoms with Crippen LogP contribution in [0.25, 0.3) is 0 Å². The zero-order valence-corrected chi connectivity index (χ0v) is 13.3. The van der Waals surface area contributed by atoms with Crippen LogP contribution in [0.5, 0.6) is 0 Å². The number of aliphatic carboxylic acids is 1. The number of thiophene rings is 1. The standard InChI is InChI=1S/C15H23NO3S/c1-5-11-6-7-12(20-11)13(17)16-9-10(14(18)19)8-15(2,3)4/h6-7,10H,5,8-9H2,1-4H3,(H,16,17)(H,18,19). The Labute approximate surface area is 124 Å². The number of carbonyl (C=O) groups excluding carboxylic acids is 1. The maximum atomic E-state index is 12.0. The van der Waals surface area contributed by atoms with Gasteiger partial charge in [0.05, 0.1) is 10.8 Å². The molecule has 0 saturated heterocycles. The number of rotatable bonds is 6. The molecule has 1 aromatic heterocycles. The van der Waals surface area contributed by atoms with Crippen molar-refractivity contribution in [1.29, 1.82) is 0 Å². The van der Waals surface area contributed by atoms with Gasteiger partial charge in [0.1, 0.15) is 0 Å². The lowest BCUT2D eigenvalue weighted by molar-refractivity contribution is -0.142. The minimum atomic E-state index is -0.861. The van der Waals surface area contributed by atoms with Gasteiger partial charge in [0, 0.05) is 11.4 Å². The minimum absolute atomic E-state index is 0.0773. The first-order valence-electron chi connectivity index (χ1n) is 6.82. The second kappa shape index (κ2) is 6.88. The van der Waals surface area contributed by atoms with Crippen molar-refractivity contribution in [2.24, 2.45) is 11.3 Å². The molecule has 0 radical (unpaired) electrons. The van der Waals surface area contributed by atoms with Gasteiger partial charge in [-0.3, -0.25) is 9.59 Å². The Bertz CT molecular complexity index is 474. The van der Waals surface area contributed by atoms with E-state index in [1.807, 2.05) is 33.8 Å². The smallest absolute Gasteiger partial charge is 0.308 e. The Kier molecular flexibility index (Phi) is 5.74. The summed E-state index contributed by atoms with van der Waals surface area (Å²) >= 11 is 1.45. The van der Waals surface area contributed by atoms with E-state index in [1.54, 1.807) is 6.07 Å². The Balaban J connectivity index is 2.59. The van der Waals surface area contributed by atoms with E-state index in [0.29, 0.717) is 11.3 Å². The summed E-state index contributed by atoms with van der Waals surface area (Å²) in [4.78, 5) is 25.0. The van der Waals surface area contributed by atoms with Gasteiger partial charge >= 0.3 is 5.97 Å². The predicted octanol–water partition coefficient (Wildman–Crippen LogP) is 3.18. The van der Waals surface area contributed by atoms with Crippen LogP contribution in [0.15, 0.2) is 12.1 Å². The normalized spacial score (nSPS) is 13.0. The molecule has 1 rings (SSSR count). The number of carboxylic acids is 1. The number of carboxylic acid groups (broad SMARTS) is 1. The average Bonchev–Trinajstić information content (AvgIpc) is 2.81. The fraction of sp³-hybridized carbons (Fsp3) is 0.600. The zero-order valence-electron chi connectivity index (χ0n) is 12.5. The molecule has 1 unspecified atom stereocenters. The van der Waals surface area contributed by atoms with Crippen LogP contribution in [0.1, 0.15) is 48.7 Å². The van der Waals surface area contributed by atoms with Crippen LogP contribution >= 0.6 is 11.3 Å². The average molecular weight is 297 g/mol. The zero-order chi connectivity index (χ0) is 15.3. The fourth-order valence-electron chi connectivity index (χ4n) is 1.98. The molecule has 1 atom stereocenters. The Morgan fingerprint density at radius 3 is 2.45 bits per heavy atom. The summed E-state index contributed by atoms with van der Waals surface area (Å²) in [7, 11) is 0. The largest absolute Gasteiger partial charge is 0.481 e. The molecule has 1 amide bonds. The Morgan fingerprint density at radius 2 is 2.00 bits per heavy atom. The summed E-state index contributed by atoms with van der Waals surface area (Å²) in [5.74, 6) is -1.60. The van der Waals surface area contributed by atoms with Crippen molar-refractivity contribution in [3.63, 3.8) is 0 Å². The van der Waals surface area contributed by atoms with Gasteiger partial charge in [-0.05, 0) is 30.4 Å². The van der Waals surface area contributed by atoms with Crippen molar-refractivity contribution < 1.29 is 14.7 Å². The van der Waals surface area contributed by atoms with Gasteiger partial charge in [0.2, 0.25) is 0 Å². The molecule has 0 aliphatic heterocycles. The Morgan fingerprint density at radius 1 is 1.35 bits per heavy atom.